The van der Waals surface area contributed by atoms with Crippen LogP contribution in [0.3, 0.4) is 0 Å². The van der Waals surface area contributed by atoms with Gasteiger partial charge >= 0.3 is 5.97 Å². The normalized spacial score (nSPS) is 16.8. The first-order valence-corrected chi connectivity index (χ1v) is 15.6. The number of phenolic OH excluding ortho intramolecular Hbond substituents is 2. The van der Waals surface area contributed by atoms with E-state index >= 15 is 0 Å². The Morgan fingerprint density at radius 3 is 2.60 bits per heavy atom. The molecule has 0 radical (unpaired) electrons. The van der Waals surface area contributed by atoms with Gasteiger partial charge in [0.1, 0.15) is 30.0 Å². The van der Waals surface area contributed by atoms with Gasteiger partial charge in [0.2, 0.25) is 0 Å². The van der Waals surface area contributed by atoms with E-state index in [4.69, 9.17) is 18.9 Å². The summed E-state index contributed by atoms with van der Waals surface area (Å²) in [6.07, 6.45) is 0.678. The maximum atomic E-state index is 12.0. The number of benzene rings is 4. The number of carbonyl (C=O) groups excluding carboxylic acids is 1. The molecule has 3 unspecified atom stereocenters. The highest BCUT2D eigenvalue weighted by Gasteiger charge is 2.41. The van der Waals surface area contributed by atoms with E-state index in [9.17, 15) is 25.2 Å². The molecular weight excluding hydrogens is 602 g/mol. The first-order chi connectivity index (χ1) is 22.7. The number of phenols is 2. The summed E-state index contributed by atoms with van der Waals surface area (Å²) in [7, 11) is 1.49. The Labute approximate surface area is 273 Å². The monoisotopic (exact) mass is 641 g/mol. The van der Waals surface area contributed by atoms with Crippen molar-refractivity contribution in [1.82, 2.24) is 5.32 Å². The lowest BCUT2D eigenvalue weighted by molar-refractivity contribution is -0.141. The van der Waals surface area contributed by atoms with Crippen LogP contribution in [0.1, 0.15) is 70.9 Å². The summed E-state index contributed by atoms with van der Waals surface area (Å²) in [6, 6.07) is 18.3. The molecule has 0 spiro atoms. The van der Waals surface area contributed by atoms with Crippen LogP contribution in [0, 0.1) is 0 Å². The number of methoxy groups -OCH3 is 1. The van der Waals surface area contributed by atoms with Crippen LogP contribution in [-0.4, -0.2) is 46.9 Å². The minimum absolute atomic E-state index is 0.0105. The zero-order valence-electron chi connectivity index (χ0n) is 26.6. The average Bonchev–Trinajstić information content (AvgIpc) is 3.44. The molecule has 4 aromatic carbocycles. The number of esters is 1. The number of rotatable bonds is 11. The molecule has 6 rings (SSSR count). The lowest BCUT2D eigenvalue weighted by atomic mass is 9.81. The fourth-order valence-electron chi connectivity index (χ4n) is 6.75. The molecule has 0 amide bonds. The summed E-state index contributed by atoms with van der Waals surface area (Å²) in [5.41, 5.74) is 7.82. The summed E-state index contributed by atoms with van der Waals surface area (Å²) in [6.45, 7) is 3.28. The fourth-order valence-corrected chi connectivity index (χ4v) is 6.75. The van der Waals surface area contributed by atoms with E-state index in [0.29, 0.717) is 36.6 Å². The molecule has 4 aromatic rings. The van der Waals surface area contributed by atoms with Gasteiger partial charge in [-0.3, -0.25) is 4.79 Å². The second-order valence-corrected chi connectivity index (χ2v) is 11.9. The zero-order valence-corrected chi connectivity index (χ0v) is 26.6. The van der Waals surface area contributed by atoms with Crippen molar-refractivity contribution in [2.75, 3.05) is 20.5 Å². The molecule has 3 atom stereocenters. The maximum absolute atomic E-state index is 12.0. The summed E-state index contributed by atoms with van der Waals surface area (Å²) in [5, 5.41) is 43.8. The van der Waals surface area contributed by atoms with Crippen molar-refractivity contribution in [3.63, 3.8) is 0 Å². The molecule has 47 heavy (non-hydrogen) atoms. The van der Waals surface area contributed by atoms with Crippen LogP contribution in [0.15, 0.2) is 60.7 Å². The third-order valence-electron chi connectivity index (χ3n) is 9.05. The van der Waals surface area contributed by atoms with E-state index in [1.54, 1.807) is 18.2 Å². The highest BCUT2D eigenvalue weighted by molar-refractivity contribution is 5.82. The number of aromatic hydroxyl groups is 2. The molecule has 10 heteroatoms. The zero-order chi connectivity index (χ0) is 33.2. The quantitative estimate of drug-likeness (QED) is 0.108. The summed E-state index contributed by atoms with van der Waals surface area (Å²) in [5.74, 6) is 0.651. The molecule has 1 aliphatic carbocycles. The van der Waals surface area contributed by atoms with E-state index < -0.39 is 18.9 Å². The Kier molecular flexibility index (Phi) is 9.26. The van der Waals surface area contributed by atoms with Crippen molar-refractivity contribution >= 4 is 5.97 Å². The highest BCUT2D eigenvalue weighted by atomic mass is 16.6. The Hall–Kier alpha value is -4.77. The van der Waals surface area contributed by atoms with Gasteiger partial charge in [-0.15, -0.1) is 0 Å². The van der Waals surface area contributed by atoms with Crippen LogP contribution >= 0.6 is 0 Å². The number of aliphatic hydroxyl groups excluding tert-OH is 2. The molecule has 1 aliphatic heterocycles. The maximum Gasteiger partial charge on any atom is 0.302 e. The standard InChI is InChI=1S/C37H39NO9/c1-20(23-6-4-5-22(11-23)17-39)38-16-25-13-32(43)33(44-3)15-30(25)37-31(18-45-21(2)41)29-10-9-27-28(36(29)47-37)8-7-24-12-26(42)14-34(35(24)27)46-19-40/h4-6,9-15,20,31,37-40,42-43H,7-8,16-19H2,1-3H3. The van der Waals surface area contributed by atoms with E-state index in [0.717, 1.165) is 50.1 Å². The van der Waals surface area contributed by atoms with Gasteiger partial charge in [-0.25, -0.2) is 0 Å². The molecule has 0 aromatic heterocycles. The van der Waals surface area contributed by atoms with Crippen LogP contribution in [0.2, 0.25) is 0 Å². The molecule has 0 bridgehead atoms. The average molecular weight is 642 g/mol. The van der Waals surface area contributed by atoms with E-state index in [2.05, 4.69) is 5.32 Å². The molecule has 0 saturated carbocycles. The predicted octanol–water partition coefficient (Wildman–Crippen LogP) is 5.32. The molecule has 0 fully saturated rings. The largest absolute Gasteiger partial charge is 0.508 e. The van der Waals surface area contributed by atoms with Crippen molar-refractivity contribution in [2.24, 2.45) is 0 Å². The van der Waals surface area contributed by atoms with Crippen molar-refractivity contribution in [2.45, 2.75) is 57.9 Å². The summed E-state index contributed by atoms with van der Waals surface area (Å²) < 4.78 is 23.5. The fraction of sp³-hybridized carbons (Fsp3) is 0.324. The van der Waals surface area contributed by atoms with Crippen LogP contribution in [0.4, 0.5) is 0 Å². The topological polar surface area (TPSA) is 147 Å². The lowest BCUT2D eigenvalue weighted by Crippen LogP contribution is -2.22. The Morgan fingerprint density at radius 1 is 1.02 bits per heavy atom. The van der Waals surface area contributed by atoms with E-state index in [1.807, 2.05) is 43.3 Å². The number of carbonyl (C=O) groups is 1. The molecule has 0 saturated heterocycles. The molecule has 246 valence electrons. The van der Waals surface area contributed by atoms with Gasteiger partial charge in [0.15, 0.2) is 18.3 Å². The van der Waals surface area contributed by atoms with Crippen LogP contribution in [-0.2, 0) is 35.5 Å². The molecule has 2 aliphatic rings. The first kappa shape index (κ1) is 32.2. The van der Waals surface area contributed by atoms with Gasteiger partial charge < -0.3 is 44.7 Å². The summed E-state index contributed by atoms with van der Waals surface area (Å²) >= 11 is 0. The number of hydrogen-bond donors (Lipinski definition) is 5. The van der Waals surface area contributed by atoms with Gasteiger partial charge in [0.25, 0.3) is 0 Å². The number of nitrogens with one attached hydrogen (secondary N) is 1. The van der Waals surface area contributed by atoms with Crippen molar-refractivity contribution in [3.8, 4) is 39.9 Å². The molecular formula is C37H39NO9. The molecule has 1 heterocycles. The summed E-state index contributed by atoms with van der Waals surface area (Å²) in [4.78, 5) is 12.0. The lowest BCUT2D eigenvalue weighted by Gasteiger charge is -2.25. The van der Waals surface area contributed by atoms with Crippen LogP contribution in [0.25, 0.3) is 11.1 Å². The smallest absolute Gasteiger partial charge is 0.302 e. The third kappa shape index (κ3) is 6.32. The molecule has 10 nitrogen and oxygen atoms in total. The number of hydrogen-bond acceptors (Lipinski definition) is 10. The van der Waals surface area contributed by atoms with Gasteiger partial charge in [0, 0.05) is 47.8 Å². The van der Waals surface area contributed by atoms with Crippen molar-refractivity contribution < 1.29 is 44.2 Å². The van der Waals surface area contributed by atoms with Gasteiger partial charge in [-0.05, 0) is 65.8 Å². The second-order valence-electron chi connectivity index (χ2n) is 11.9. The highest BCUT2D eigenvalue weighted by Crippen LogP contribution is 2.54. The van der Waals surface area contributed by atoms with E-state index in [1.165, 1.54) is 20.1 Å². The third-order valence-corrected chi connectivity index (χ3v) is 9.05. The number of aliphatic hydroxyl groups is 2. The van der Waals surface area contributed by atoms with Crippen LogP contribution < -0.4 is 19.5 Å². The number of ether oxygens (including phenoxy) is 4. The first-order valence-electron chi connectivity index (χ1n) is 15.6. The number of aryl methyl sites for hydroxylation is 1. The Morgan fingerprint density at radius 2 is 1.85 bits per heavy atom. The van der Waals surface area contributed by atoms with Crippen molar-refractivity contribution in [1.29, 1.82) is 0 Å². The van der Waals surface area contributed by atoms with Crippen LogP contribution in [0.5, 0.6) is 28.7 Å². The van der Waals surface area contributed by atoms with E-state index in [-0.39, 0.29) is 36.7 Å². The Balaban J connectivity index is 1.40. The minimum Gasteiger partial charge on any atom is -0.508 e. The minimum atomic E-state index is -0.579. The predicted molar refractivity (Wildman–Crippen MR) is 174 cm³/mol. The number of fused-ring (bicyclic) bond motifs is 5. The van der Waals surface area contributed by atoms with Gasteiger partial charge in [-0.2, -0.15) is 0 Å². The Bertz CT molecular complexity index is 1800. The van der Waals surface area contributed by atoms with Gasteiger partial charge in [0.05, 0.1) is 19.6 Å². The SMILES string of the molecule is COc1cc(C2Oc3c(ccc4c3CCc3cc(O)cc(OCO)c3-4)C2COC(C)=O)c(CNC(C)c2cccc(CO)c2)cc1O. The molecule has 5 N–H and O–H groups in total. The second kappa shape index (κ2) is 13.5. The van der Waals surface area contributed by atoms with Crippen molar-refractivity contribution in [3.05, 3.63) is 99.6 Å². The van der Waals surface area contributed by atoms with Gasteiger partial charge in [-0.1, -0.05) is 36.4 Å².